The standard InChI is InChI=1S/C16H10BrN3O/c17-15-13-4-2-1-3-10(13)5-6-14(15)21-16-11(8-18)7-12(19)9-20-16/h1-7,9H,19H2. The fourth-order valence-electron chi connectivity index (χ4n) is 2.03. The number of ether oxygens (including phenoxy) is 1. The van der Waals surface area contributed by atoms with Gasteiger partial charge in [0.15, 0.2) is 0 Å². The summed E-state index contributed by atoms with van der Waals surface area (Å²) in [5.74, 6) is 0.838. The third-order valence-electron chi connectivity index (χ3n) is 3.03. The number of fused-ring (bicyclic) bond motifs is 1. The number of anilines is 1. The van der Waals surface area contributed by atoms with Gasteiger partial charge < -0.3 is 10.5 Å². The normalized spacial score (nSPS) is 10.3. The first-order valence-electron chi connectivity index (χ1n) is 6.20. The maximum Gasteiger partial charge on any atom is 0.237 e. The van der Waals surface area contributed by atoms with Crippen molar-refractivity contribution in [2.24, 2.45) is 0 Å². The first-order chi connectivity index (χ1) is 10.2. The first kappa shape index (κ1) is 13.4. The lowest BCUT2D eigenvalue weighted by Crippen LogP contribution is -1.95. The molecule has 2 aromatic carbocycles. The van der Waals surface area contributed by atoms with E-state index >= 15 is 0 Å². The molecule has 0 atom stereocenters. The molecule has 0 bridgehead atoms. The topological polar surface area (TPSA) is 71.9 Å². The number of pyridine rings is 1. The van der Waals surface area contributed by atoms with Gasteiger partial charge in [0.05, 0.1) is 16.4 Å². The van der Waals surface area contributed by atoms with Gasteiger partial charge in [-0.2, -0.15) is 5.26 Å². The second kappa shape index (κ2) is 5.43. The molecule has 4 nitrogen and oxygen atoms in total. The maximum atomic E-state index is 9.12. The molecule has 0 aliphatic carbocycles. The lowest BCUT2D eigenvalue weighted by atomic mass is 10.1. The Morgan fingerprint density at radius 1 is 1.19 bits per heavy atom. The molecule has 0 amide bonds. The van der Waals surface area contributed by atoms with Crippen LogP contribution in [0.5, 0.6) is 11.6 Å². The smallest absolute Gasteiger partial charge is 0.237 e. The van der Waals surface area contributed by atoms with E-state index in [4.69, 9.17) is 15.7 Å². The summed E-state index contributed by atoms with van der Waals surface area (Å²) in [4.78, 5) is 4.07. The molecule has 21 heavy (non-hydrogen) atoms. The predicted octanol–water partition coefficient (Wildman–Crippen LogP) is 4.24. The Morgan fingerprint density at radius 3 is 2.81 bits per heavy atom. The molecule has 0 spiro atoms. The number of benzene rings is 2. The molecule has 3 aromatic rings. The van der Waals surface area contributed by atoms with Crippen LogP contribution in [0.3, 0.4) is 0 Å². The number of nitrogens with two attached hydrogens (primary N) is 1. The SMILES string of the molecule is N#Cc1cc(N)cnc1Oc1ccc2ccccc2c1Br. The monoisotopic (exact) mass is 339 g/mol. The molecule has 102 valence electrons. The summed E-state index contributed by atoms with van der Waals surface area (Å²) in [6, 6.07) is 15.3. The van der Waals surface area contributed by atoms with Gasteiger partial charge in [-0.05, 0) is 38.8 Å². The van der Waals surface area contributed by atoms with Crippen molar-refractivity contribution >= 4 is 32.4 Å². The number of aromatic nitrogens is 1. The highest BCUT2D eigenvalue weighted by atomic mass is 79.9. The number of rotatable bonds is 2. The van der Waals surface area contributed by atoms with Crippen molar-refractivity contribution in [1.82, 2.24) is 4.98 Å². The van der Waals surface area contributed by atoms with Crippen molar-refractivity contribution in [2.45, 2.75) is 0 Å². The molecule has 0 aliphatic heterocycles. The van der Waals surface area contributed by atoms with Crippen LogP contribution < -0.4 is 10.5 Å². The zero-order valence-corrected chi connectivity index (χ0v) is 12.5. The molecule has 0 aliphatic rings. The summed E-state index contributed by atoms with van der Waals surface area (Å²) in [6.07, 6.45) is 1.46. The average Bonchev–Trinajstić information content (AvgIpc) is 2.51. The van der Waals surface area contributed by atoms with Gasteiger partial charge in [-0.1, -0.05) is 30.3 Å². The van der Waals surface area contributed by atoms with Crippen LogP contribution in [0.25, 0.3) is 10.8 Å². The number of hydrogen-bond acceptors (Lipinski definition) is 4. The van der Waals surface area contributed by atoms with Gasteiger partial charge in [-0.3, -0.25) is 0 Å². The van der Waals surface area contributed by atoms with Crippen LogP contribution >= 0.6 is 15.9 Å². The van der Waals surface area contributed by atoms with Crippen molar-refractivity contribution in [3.63, 3.8) is 0 Å². The Hall–Kier alpha value is -2.58. The highest BCUT2D eigenvalue weighted by Gasteiger charge is 2.11. The minimum absolute atomic E-state index is 0.239. The van der Waals surface area contributed by atoms with Crippen LogP contribution in [0.2, 0.25) is 0 Å². The van der Waals surface area contributed by atoms with Crippen molar-refractivity contribution in [3.05, 3.63) is 58.7 Å². The van der Waals surface area contributed by atoms with E-state index in [1.54, 1.807) is 0 Å². The quantitative estimate of drug-likeness (QED) is 0.757. The highest BCUT2D eigenvalue weighted by Crippen LogP contribution is 2.36. The summed E-state index contributed by atoms with van der Waals surface area (Å²) >= 11 is 3.54. The molecular weight excluding hydrogens is 330 g/mol. The zero-order valence-electron chi connectivity index (χ0n) is 10.9. The average molecular weight is 340 g/mol. The zero-order chi connectivity index (χ0) is 14.8. The first-order valence-corrected chi connectivity index (χ1v) is 6.99. The van der Waals surface area contributed by atoms with Gasteiger partial charge in [-0.25, -0.2) is 4.98 Å². The Balaban J connectivity index is 2.07. The molecule has 5 heteroatoms. The van der Waals surface area contributed by atoms with E-state index in [0.717, 1.165) is 15.2 Å². The molecule has 0 fully saturated rings. The highest BCUT2D eigenvalue weighted by molar-refractivity contribution is 9.10. The third-order valence-corrected chi connectivity index (χ3v) is 3.85. The fourth-order valence-corrected chi connectivity index (χ4v) is 2.60. The number of nitrogen functional groups attached to an aromatic ring is 1. The van der Waals surface area contributed by atoms with Gasteiger partial charge in [0.2, 0.25) is 5.88 Å². The molecule has 0 radical (unpaired) electrons. The molecule has 0 unspecified atom stereocenters. The molecule has 1 aromatic heterocycles. The number of nitriles is 1. The lowest BCUT2D eigenvalue weighted by molar-refractivity contribution is 0.459. The van der Waals surface area contributed by atoms with E-state index < -0.39 is 0 Å². The second-order valence-electron chi connectivity index (χ2n) is 4.43. The summed E-state index contributed by atoms with van der Waals surface area (Å²) in [5.41, 5.74) is 6.35. The summed E-state index contributed by atoms with van der Waals surface area (Å²) < 4.78 is 6.58. The van der Waals surface area contributed by atoms with Crippen molar-refractivity contribution in [3.8, 4) is 17.7 Å². The summed E-state index contributed by atoms with van der Waals surface area (Å²) in [6.45, 7) is 0. The molecular formula is C16H10BrN3O. The number of hydrogen-bond donors (Lipinski definition) is 1. The largest absolute Gasteiger partial charge is 0.436 e. The van der Waals surface area contributed by atoms with Crippen LogP contribution in [-0.4, -0.2) is 4.98 Å². The maximum absolute atomic E-state index is 9.12. The summed E-state index contributed by atoms with van der Waals surface area (Å²) in [7, 11) is 0. The van der Waals surface area contributed by atoms with Gasteiger partial charge in [-0.15, -0.1) is 0 Å². The minimum Gasteiger partial charge on any atom is -0.436 e. The van der Waals surface area contributed by atoms with E-state index in [-0.39, 0.29) is 5.88 Å². The minimum atomic E-state index is 0.239. The van der Waals surface area contributed by atoms with E-state index in [1.165, 1.54) is 12.3 Å². The van der Waals surface area contributed by atoms with E-state index in [9.17, 15) is 0 Å². The van der Waals surface area contributed by atoms with Crippen LogP contribution in [0.1, 0.15) is 5.56 Å². The Bertz CT molecular complexity index is 871. The Morgan fingerprint density at radius 2 is 2.00 bits per heavy atom. The Kier molecular flexibility index (Phi) is 3.46. The van der Waals surface area contributed by atoms with Crippen LogP contribution in [0, 0.1) is 11.3 Å². The fraction of sp³-hybridized carbons (Fsp3) is 0. The van der Waals surface area contributed by atoms with E-state index in [0.29, 0.717) is 17.0 Å². The van der Waals surface area contributed by atoms with Crippen molar-refractivity contribution in [1.29, 1.82) is 5.26 Å². The van der Waals surface area contributed by atoms with Gasteiger partial charge >= 0.3 is 0 Å². The number of nitrogens with zero attached hydrogens (tertiary/aromatic N) is 2. The Labute approximate surface area is 129 Å². The van der Waals surface area contributed by atoms with Crippen molar-refractivity contribution < 1.29 is 4.74 Å². The molecule has 0 saturated carbocycles. The molecule has 3 rings (SSSR count). The van der Waals surface area contributed by atoms with Crippen LogP contribution in [0.4, 0.5) is 5.69 Å². The predicted molar refractivity (Wildman–Crippen MR) is 85.1 cm³/mol. The summed E-state index contributed by atoms with van der Waals surface area (Å²) in [5, 5.41) is 11.3. The van der Waals surface area contributed by atoms with Gasteiger partial charge in [0.25, 0.3) is 0 Å². The van der Waals surface area contributed by atoms with Gasteiger partial charge in [0, 0.05) is 0 Å². The third kappa shape index (κ3) is 2.54. The van der Waals surface area contributed by atoms with Crippen LogP contribution in [-0.2, 0) is 0 Å². The number of halogens is 1. The van der Waals surface area contributed by atoms with E-state index in [2.05, 4.69) is 20.9 Å². The van der Waals surface area contributed by atoms with Crippen LogP contribution in [0.15, 0.2) is 53.1 Å². The molecule has 2 N–H and O–H groups in total. The lowest BCUT2D eigenvalue weighted by Gasteiger charge is -2.10. The molecule has 1 heterocycles. The molecule has 0 saturated heterocycles. The second-order valence-corrected chi connectivity index (χ2v) is 5.23. The van der Waals surface area contributed by atoms with E-state index in [1.807, 2.05) is 42.5 Å². The van der Waals surface area contributed by atoms with Gasteiger partial charge in [0.1, 0.15) is 17.4 Å². The van der Waals surface area contributed by atoms with Crippen molar-refractivity contribution in [2.75, 3.05) is 5.73 Å².